The summed E-state index contributed by atoms with van der Waals surface area (Å²) in [5.41, 5.74) is 3.50. The third-order valence-corrected chi connectivity index (χ3v) is 4.23. The third kappa shape index (κ3) is 2.39. The lowest BCUT2D eigenvalue weighted by atomic mass is 10.0. The number of rotatable bonds is 4. The van der Waals surface area contributed by atoms with Gasteiger partial charge in [0, 0.05) is 11.5 Å². The Labute approximate surface area is 138 Å². The molecule has 6 heteroatoms. The number of hydrogen-bond acceptors (Lipinski definition) is 5. The second kappa shape index (κ2) is 5.62. The Morgan fingerprint density at radius 1 is 1.33 bits per heavy atom. The fraction of sp³-hybridized carbons (Fsp3) is 0.278. The van der Waals surface area contributed by atoms with Crippen LogP contribution in [0.25, 0.3) is 16.9 Å². The Hall–Kier alpha value is -2.91. The minimum atomic E-state index is -0.119. The lowest BCUT2D eigenvalue weighted by Crippen LogP contribution is -1.98. The molecular formula is C18H16N4O2. The first-order chi connectivity index (χ1) is 11.7. The maximum Gasteiger partial charge on any atom is 0.198 e. The van der Waals surface area contributed by atoms with Crippen molar-refractivity contribution in [3.63, 3.8) is 0 Å². The van der Waals surface area contributed by atoms with Gasteiger partial charge in [0.05, 0.1) is 31.0 Å². The molecule has 2 aromatic heterocycles. The number of fused-ring (bicyclic) bond motifs is 1. The van der Waals surface area contributed by atoms with Gasteiger partial charge in [-0.3, -0.25) is 0 Å². The van der Waals surface area contributed by atoms with Gasteiger partial charge in [-0.1, -0.05) is 0 Å². The molecule has 0 amide bonds. The molecule has 0 saturated heterocycles. The van der Waals surface area contributed by atoms with Crippen molar-refractivity contribution in [2.45, 2.75) is 25.4 Å². The van der Waals surface area contributed by atoms with Gasteiger partial charge in [-0.05, 0) is 48.7 Å². The molecule has 0 spiro atoms. The van der Waals surface area contributed by atoms with Crippen LogP contribution in [-0.2, 0) is 6.61 Å². The molecule has 1 aromatic carbocycles. The van der Waals surface area contributed by atoms with E-state index >= 15 is 0 Å². The molecule has 1 N–H and O–H groups in total. The first-order valence-corrected chi connectivity index (χ1v) is 7.82. The number of pyridine rings is 1. The zero-order valence-electron chi connectivity index (χ0n) is 13.2. The number of nitriles is 1. The molecule has 120 valence electrons. The smallest absolute Gasteiger partial charge is 0.198 e. The number of methoxy groups -OCH3 is 1. The van der Waals surface area contributed by atoms with Gasteiger partial charge >= 0.3 is 0 Å². The van der Waals surface area contributed by atoms with Gasteiger partial charge in [0.1, 0.15) is 0 Å². The molecule has 4 rings (SSSR count). The van der Waals surface area contributed by atoms with E-state index in [1.807, 2.05) is 18.2 Å². The van der Waals surface area contributed by atoms with E-state index in [-0.39, 0.29) is 6.61 Å². The number of ether oxygens (including phenoxy) is 1. The van der Waals surface area contributed by atoms with Gasteiger partial charge in [0.2, 0.25) is 0 Å². The SMILES string of the molecule is COc1ccc(-c2cc(C#N)cc(CO)c2)n2nc(C3CC3)nc12. The number of hydrogen-bond donors (Lipinski definition) is 1. The summed E-state index contributed by atoms with van der Waals surface area (Å²) in [6.45, 7) is -0.119. The second-order valence-corrected chi connectivity index (χ2v) is 5.96. The number of aliphatic hydroxyl groups is 1. The normalized spacial score (nSPS) is 13.9. The van der Waals surface area contributed by atoms with Crippen LogP contribution in [-0.4, -0.2) is 26.8 Å². The maximum atomic E-state index is 9.45. The van der Waals surface area contributed by atoms with E-state index in [9.17, 15) is 10.4 Å². The van der Waals surface area contributed by atoms with Gasteiger partial charge in [-0.15, -0.1) is 0 Å². The van der Waals surface area contributed by atoms with Crippen molar-refractivity contribution >= 4 is 5.65 Å². The highest BCUT2D eigenvalue weighted by molar-refractivity contribution is 5.69. The third-order valence-electron chi connectivity index (χ3n) is 4.23. The molecule has 2 heterocycles. The zero-order chi connectivity index (χ0) is 16.7. The zero-order valence-corrected chi connectivity index (χ0v) is 13.2. The summed E-state index contributed by atoms with van der Waals surface area (Å²) in [6.07, 6.45) is 2.24. The van der Waals surface area contributed by atoms with E-state index in [0.29, 0.717) is 28.4 Å². The number of nitrogens with zero attached hydrogens (tertiary/aromatic N) is 4. The number of aliphatic hydroxyl groups excluding tert-OH is 1. The Bertz CT molecular complexity index is 967. The summed E-state index contributed by atoms with van der Waals surface area (Å²) in [5.74, 6) is 1.93. The molecule has 3 aromatic rings. The average Bonchev–Trinajstić information content (AvgIpc) is 3.38. The first kappa shape index (κ1) is 14.7. The van der Waals surface area contributed by atoms with Crippen LogP contribution in [0.5, 0.6) is 5.75 Å². The van der Waals surface area contributed by atoms with Crippen LogP contribution in [0.3, 0.4) is 0 Å². The van der Waals surface area contributed by atoms with E-state index in [0.717, 1.165) is 29.9 Å². The molecule has 0 aliphatic heterocycles. The van der Waals surface area contributed by atoms with Gasteiger partial charge in [-0.25, -0.2) is 9.50 Å². The molecule has 1 aliphatic rings. The summed E-state index contributed by atoms with van der Waals surface area (Å²) in [7, 11) is 1.61. The van der Waals surface area contributed by atoms with Crippen LogP contribution in [0.2, 0.25) is 0 Å². The maximum absolute atomic E-state index is 9.45. The van der Waals surface area contributed by atoms with E-state index in [1.54, 1.807) is 23.8 Å². The van der Waals surface area contributed by atoms with Gasteiger partial charge in [-0.2, -0.15) is 10.4 Å². The lowest BCUT2D eigenvalue weighted by molar-refractivity contribution is 0.282. The van der Waals surface area contributed by atoms with Crippen molar-refractivity contribution in [3.8, 4) is 23.1 Å². The molecule has 1 fully saturated rings. The molecule has 0 bridgehead atoms. The van der Waals surface area contributed by atoms with Crippen molar-refractivity contribution < 1.29 is 9.84 Å². The van der Waals surface area contributed by atoms with E-state index in [2.05, 4.69) is 16.2 Å². The standard InChI is InChI=1S/C18H16N4O2/c1-24-16-5-4-15(14-7-11(9-19)6-12(8-14)10-23)22-18(16)20-17(21-22)13-2-3-13/h4-8,13,23H,2-3,10H2,1H3. The van der Waals surface area contributed by atoms with E-state index in [1.165, 1.54) is 0 Å². The van der Waals surface area contributed by atoms with E-state index in [4.69, 9.17) is 4.74 Å². The molecule has 0 unspecified atom stereocenters. The van der Waals surface area contributed by atoms with Crippen LogP contribution in [0.1, 0.15) is 35.7 Å². The minimum Gasteiger partial charge on any atom is -0.493 e. The van der Waals surface area contributed by atoms with Crippen molar-refractivity contribution in [1.82, 2.24) is 14.6 Å². The topological polar surface area (TPSA) is 83.4 Å². The molecular weight excluding hydrogens is 304 g/mol. The number of aromatic nitrogens is 3. The Kier molecular flexibility index (Phi) is 3.44. The Balaban J connectivity index is 1.95. The first-order valence-electron chi connectivity index (χ1n) is 7.82. The molecule has 24 heavy (non-hydrogen) atoms. The van der Waals surface area contributed by atoms with Crippen LogP contribution in [0.4, 0.5) is 0 Å². The molecule has 6 nitrogen and oxygen atoms in total. The minimum absolute atomic E-state index is 0.119. The van der Waals surface area contributed by atoms with Gasteiger partial charge < -0.3 is 9.84 Å². The molecule has 0 atom stereocenters. The average molecular weight is 320 g/mol. The number of benzene rings is 1. The highest BCUT2D eigenvalue weighted by Crippen LogP contribution is 2.39. The predicted molar refractivity (Wildman–Crippen MR) is 87.6 cm³/mol. The molecule has 1 aliphatic carbocycles. The fourth-order valence-electron chi connectivity index (χ4n) is 2.84. The predicted octanol–water partition coefficient (Wildman–Crippen LogP) is 2.65. The summed E-state index contributed by atoms with van der Waals surface area (Å²) in [6, 6.07) is 11.2. The monoisotopic (exact) mass is 320 g/mol. The summed E-state index contributed by atoms with van der Waals surface area (Å²) < 4.78 is 7.17. The molecule has 0 radical (unpaired) electrons. The van der Waals surface area contributed by atoms with Gasteiger partial charge in [0.15, 0.2) is 17.2 Å². The summed E-state index contributed by atoms with van der Waals surface area (Å²) in [5, 5.41) is 23.3. The van der Waals surface area contributed by atoms with Crippen molar-refractivity contribution in [2.24, 2.45) is 0 Å². The van der Waals surface area contributed by atoms with Crippen molar-refractivity contribution in [3.05, 3.63) is 47.3 Å². The van der Waals surface area contributed by atoms with Crippen molar-refractivity contribution in [1.29, 1.82) is 5.26 Å². The highest BCUT2D eigenvalue weighted by atomic mass is 16.5. The molecule has 1 saturated carbocycles. The van der Waals surface area contributed by atoms with Gasteiger partial charge in [0.25, 0.3) is 0 Å². The fourth-order valence-corrected chi connectivity index (χ4v) is 2.84. The van der Waals surface area contributed by atoms with Crippen LogP contribution in [0, 0.1) is 11.3 Å². The summed E-state index contributed by atoms with van der Waals surface area (Å²) in [4.78, 5) is 4.63. The highest BCUT2D eigenvalue weighted by Gasteiger charge is 2.29. The largest absolute Gasteiger partial charge is 0.493 e. The van der Waals surface area contributed by atoms with E-state index < -0.39 is 0 Å². The van der Waals surface area contributed by atoms with Crippen LogP contribution >= 0.6 is 0 Å². The Morgan fingerprint density at radius 2 is 2.17 bits per heavy atom. The Morgan fingerprint density at radius 3 is 2.83 bits per heavy atom. The quantitative estimate of drug-likeness (QED) is 0.799. The van der Waals surface area contributed by atoms with Crippen LogP contribution in [0.15, 0.2) is 30.3 Å². The van der Waals surface area contributed by atoms with Crippen LogP contribution < -0.4 is 4.74 Å². The van der Waals surface area contributed by atoms with Crippen molar-refractivity contribution in [2.75, 3.05) is 7.11 Å². The second-order valence-electron chi connectivity index (χ2n) is 5.96. The summed E-state index contributed by atoms with van der Waals surface area (Å²) >= 11 is 0. The lowest BCUT2D eigenvalue weighted by Gasteiger charge is -2.09.